The van der Waals surface area contributed by atoms with Gasteiger partial charge in [-0.15, -0.1) is 0 Å². The van der Waals surface area contributed by atoms with Crippen LogP contribution in [0.15, 0.2) is 48.5 Å². The van der Waals surface area contributed by atoms with E-state index < -0.39 is 12.0 Å². The van der Waals surface area contributed by atoms with Gasteiger partial charge in [0.1, 0.15) is 17.2 Å². The fourth-order valence-corrected chi connectivity index (χ4v) is 2.22. The minimum Gasteiger partial charge on any atom is -0.548 e. The van der Waals surface area contributed by atoms with E-state index in [4.69, 9.17) is 4.74 Å². The molecule has 2 N–H and O–H groups in total. The van der Waals surface area contributed by atoms with E-state index in [0.29, 0.717) is 17.9 Å². The molecule has 0 saturated carbocycles. The molecule has 7 heteroatoms. The van der Waals surface area contributed by atoms with E-state index in [1.807, 2.05) is 0 Å². The average Bonchev–Trinajstić information content (AvgIpc) is 2.48. The van der Waals surface area contributed by atoms with Gasteiger partial charge in [-0.1, -0.05) is 12.1 Å². The van der Waals surface area contributed by atoms with Crippen LogP contribution in [0.5, 0.6) is 17.2 Å². The van der Waals surface area contributed by atoms with Crippen molar-refractivity contribution in [2.24, 2.45) is 0 Å². The third-order valence-corrected chi connectivity index (χ3v) is 3.60. The Balaban J connectivity index is 0.00000242. The van der Waals surface area contributed by atoms with Gasteiger partial charge < -0.3 is 19.7 Å². The molecule has 0 saturated heterocycles. The summed E-state index contributed by atoms with van der Waals surface area (Å²) >= 11 is 1.80. The van der Waals surface area contributed by atoms with E-state index in [-0.39, 0.29) is 35.3 Å². The smallest absolute Gasteiger partial charge is 0.548 e. The van der Waals surface area contributed by atoms with E-state index in [1.54, 1.807) is 71.4 Å². The first kappa shape index (κ1) is 19.2. The molecule has 0 aliphatic carbocycles. The van der Waals surface area contributed by atoms with Crippen molar-refractivity contribution >= 4 is 28.8 Å². The SMILES string of the molecule is O=C([O-])[C@H](Cc1ccc(Oc2ccc(O)cc2)cc1)NI.[Na+]. The quantitative estimate of drug-likeness (QED) is 0.348. The summed E-state index contributed by atoms with van der Waals surface area (Å²) in [5.74, 6) is 0.296. The van der Waals surface area contributed by atoms with Crippen LogP contribution in [-0.2, 0) is 11.2 Å². The van der Waals surface area contributed by atoms with Crippen LogP contribution in [0.2, 0.25) is 0 Å². The topological polar surface area (TPSA) is 81.6 Å². The molecule has 0 aliphatic heterocycles. The summed E-state index contributed by atoms with van der Waals surface area (Å²) in [6, 6.07) is 12.8. The van der Waals surface area contributed by atoms with Gasteiger partial charge in [-0.2, -0.15) is 0 Å². The molecule has 0 radical (unpaired) electrons. The minimum atomic E-state index is -1.13. The van der Waals surface area contributed by atoms with Gasteiger partial charge in [0.2, 0.25) is 0 Å². The minimum absolute atomic E-state index is 0. The van der Waals surface area contributed by atoms with E-state index in [0.717, 1.165) is 5.56 Å². The zero-order valence-corrected chi connectivity index (χ0v) is 16.1. The van der Waals surface area contributed by atoms with Crippen LogP contribution in [0.25, 0.3) is 0 Å². The summed E-state index contributed by atoms with van der Waals surface area (Å²) < 4.78 is 8.27. The van der Waals surface area contributed by atoms with Crippen LogP contribution in [0, 0.1) is 0 Å². The molecule has 2 aromatic rings. The number of aromatic hydroxyl groups is 1. The monoisotopic (exact) mass is 421 g/mol. The first-order chi connectivity index (χ1) is 10.1. The van der Waals surface area contributed by atoms with Crippen LogP contribution in [0.4, 0.5) is 0 Å². The summed E-state index contributed by atoms with van der Waals surface area (Å²) in [6.45, 7) is 0. The number of aliphatic carboxylic acids is 1. The fourth-order valence-electron chi connectivity index (χ4n) is 1.75. The van der Waals surface area contributed by atoms with Gasteiger partial charge in [0.25, 0.3) is 0 Å². The van der Waals surface area contributed by atoms with E-state index >= 15 is 0 Å². The second kappa shape index (κ2) is 9.36. The summed E-state index contributed by atoms with van der Waals surface area (Å²) in [7, 11) is 0. The Bertz CT molecular complexity index is 604. The van der Waals surface area contributed by atoms with Crippen molar-refractivity contribution in [1.29, 1.82) is 0 Å². The molecule has 0 bridgehead atoms. The molecule has 5 nitrogen and oxygen atoms in total. The Morgan fingerprint density at radius 2 is 1.64 bits per heavy atom. The fraction of sp³-hybridized carbons (Fsp3) is 0.133. The normalized spacial score (nSPS) is 11.3. The Morgan fingerprint density at radius 3 is 2.09 bits per heavy atom. The van der Waals surface area contributed by atoms with Gasteiger partial charge in [0, 0.05) is 22.9 Å². The van der Waals surface area contributed by atoms with Crippen molar-refractivity contribution in [3.63, 3.8) is 0 Å². The molecule has 2 aromatic carbocycles. The predicted octanol–water partition coefficient (Wildman–Crippen LogP) is -1.21. The van der Waals surface area contributed by atoms with Crippen LogP contribution >= 0.6 is 22.9 Å². The molecular formula is C15H13INNaO4. The largest absolute Gasteiger partial charge is 1.00 e. The Kier molecular flexibility index (Phi) is 8.19. The summed E-state index contributed by atoms with van der Waals surface area (Å²) in [4.78, 5) is 10.8. The van der Waals surface area contributed by atoms with E-state index in [9.17, 15) is 15.0 Å². The van der Waals surface area contributed by atoms with Crippen molar-refractivity contribution in [3.05, 3.63) is 54.1 Å². The summed E-state index contributed by atoms with van der Waals surface area (Å²) in [6.07, 6.45) is 0.338. The van der Waals surface area contributed by atoms with Crippen molar-refractivity contribution in [2.75, 3.05) is 0 Å². The Hall–Kier alpha value is -0.800. The third-order valence-electron chi connectivity index (χ3n) is 2.85. The Labute approximate surface area is 164 Å². The van der Waals surface area contributed by atoms with Crippen LogP contribution in [0.3, 0.4) is 0 Å². The second-order valence-electron chi connectivity index (χ2n) is 4.42. The molecule has 110 valence electrons. The van der Waals surface area contributed by atoms with Gasteiger partial charge in [-0.3, -0.25) is 3.53 Å². The molecule has 0 spiro atoms. The first-order valence-corrected chi connectivity index (χ1v) is 7.29. The molecule has 0 unspecified atom stereocenters. The molecule has 0 fully saturated rings. The molecule has 22 heavy (non-hydrogen) atoms. The van der Waals surface area contributed by atoms with Crippen LogP contribution < -0.4 is 42.9 Å². The number of carbonyl (C=O) groups excluding carboxylic acids is 1. The maximum Gasteiger partial charge on any atom is 1.00 e. The third kappa shape index (κ3) is 5.77. The number of hydrogen-bond acceptors (Lipinski definition) is 5. The zero-order valence-electron chi connectivity index (χ0n) is 12.0. The predicted molar refractivity (Wildman–Crippen MR) is 84.3 cm³/mol. The van der Waals surface area contributed by atoms with Gasteiger partial charge in [-0.05, 0) is 48.4 Å². The van der Waals surface area contributed by atoms with Crippen molar-refractivity contribution in [2.45, 2.75) is 12.5 Å². The van der Waals surface area contributed by atoms with Gasteiger partial charge in [0.15, 0.2) is 0 Å². The number of carbonyl (C=O) groups is 1. The molecular weight excluding hydrogens is 408 g/mol. The molecule has 0 amide bonds. The maximum atomic E-state index is 10.8. The number of phenols is 1. The van der Waals surface area contributed by atoms with Crippen molar-refractivity contribution in [3.8, 4) is 17.2 Å². The number of hydrogen-bond donors (Lipinski definition) is 2. The summed E-state index contributed by atoms with van der Waals surface area (Å²) in [5.41, 5.74) is 0.867. The summed E-state index contributed by atoms with van der Waals surface area (Å²) in [5, 5.41) is 20.0. The number of phenolic OH excluding ortho intramolecular Hbond substituents is 1. The van der Waals surface area contributed by atoms with E-state index in [2.05, 4.69) is 3.53 Å². The van der Waals surface area contributed by atoms with Crippen LogP contribution in [0.1, 0.15) is 5.56 Å². The number of halogens is 1. The van der Waals surface area contributed by atoms with Crippen molar-refractivity contribution < 1.29 is 49.3 Å². The number of benzene rings is 2. The van der Waals surface area contributed by atoms with Gasteiger partial charge >= 0.3 is 29.6 Å². The molecule has 0 aromatic heterocycles. The van der Waals surface area contributed by atoms with Crippen molar-refractivity contribution in [1.82, 2.24) is 3.53 Å². The second-order valence-corrected chi connectivity index (χ2v) is 5.05. The standard InChI is InChI=1S/C15H14INO4.Na/c16-17-14(15(19)20)9-10-1-5-12(6-2-10)21-13-7-3-11(18)4-8-13;/h1-8,14,17-18H,9H2,(H,19,20);/q;+1/p-1/t14-;/m0./s1. The molecule has 1 atom stereocenters. The maximum absolute atomic E-state index is 10.8. The van der Waals surface area contributed by atoms with Crippen LogP contribution in [-0.4, -0.2) is 17.1 Å². The number of carboxylic acid groups (broad SMARTS) is 1. The van der Waals surface area contributed by atoms with Gasteiger partial charge in [0.05, 0.1) is 12.0 Å². The molecule has 0 heterocycles. The number of carboxylic acids is 1. The Morgan fingerprint density at radius 1 is 1.14 bits per heavy atom. The zero-order chi connectivity index (χ0) is 15.2. The van der Waals surface area contributed by atoms with Gasteiger partial charge in [-0.25, -0.2) is 0 Å². The molecule has 2 rings (SSSR count). The average molecular weight is 421 g/mol. The number of ether oxygens (including phenoxy) is 1. The first-order valence-electron chi connectivity index (χ1n) is 6.21. The number of rotatable bonds is 6. The molecule has 0 aliphatic rings. The number of nitrogens with one attached hydrogen (secondary N) is 1. The van der Waals surface area contributed by atoms with E-state index in [1.165, 1.54) is 0 Å².